The Morgan fingerprint density at radius 2 is 1.75 bits per heavy atom. The molecule has 0 saturated heterocycles. The minimum atomic E-state index is -4.14. The maximum Gasteiger partial charge on any atom is 0.332 e. The molecule has 0 aliphatic rings. The number of hydrogen-bond acceptors (Lipinski definition) is 7. The van der Waals surface area contributed by atoms with Crippen LogP contribution in [0.4, 0.5) is 0 Å². The fourth-order valence-electron chi connectivity index (χ4n) is 2.58. The number of pyridine rings is 1. The maximum atomic E-state index is 12.4. The summed E-state index contributed by atoms with van der Waals surface area (Å²) in [6.45, 7) is 0. The number of aryl methyl sites for hydroxylation is 1. The van der Waals surface area contributed by atoms with E-state index in [0.717, 1.165) is 15.3 Å². The molecule has 28 heavy (non-hydrogen) atoms. The van der Waals surface area contributed by atoms with Gasteiger partial charge in [0.2, 0.25) is 0 Å². The number of carbonyl (C=O) groups excluding carboxylic acids is 1. The first-order valence-electron chi connectivity index (χ1n) is 7.92. The predicted octanol–water partition coefficient (Wildman–Crippen LogP) is -0.241. The third kappa shape index (κ3) is 3.27. The van der Waals surface area contributed by atoms with E-state index in [1.165, 1.54) is 51.5 Å². The van der Waals surface area contributed by atoms with Gasteiger partial charge in [-0.05, 0) is 30.3 Å². The van der Waals surface area contributed by atoms with Crippen LogP contribution in [-0.4, -0.2) is 35.6 Å². The van der Waals surface area contributed by atoms with Crippen LogP contribution < -0.4 is 20.7 Å². The van der Waals surface area contributed by atoms with E-state index in [1.807, 2.05) is 4.72 Å². The Morgan fingerprint density at radius 1 is 1.11 bits per heavy atom. The van der Waals surface area contributed by atoms with E-state index in [1.54, 1.807) is 0 Å². The molecule has 10 nitrogen and oxygen atoms in total. The van der Waals surface area contributed by atoms with Crippen LogP contribution in [0.15, 0.2) is 51.0 Å². The van der Waals surface area contributed by atoms with Crippen LogP contribution in [0.1, 0.15) is 10.4 Å². The zero-order chi connectivity index (χ0) is 20.6. The van der Waals surface area contributed by atoms with Gasteiger partial charge in [-0.25, -0.2) is 22.9 Å². The van der Waals surface area contributed by atoms with Crippen molar-refractivity contribution in [3.63, 3.8) is 0 Å². The molecule has 0 spiro atoms. The molecule has 0 aliphatic heterocycles. The highest BCUT2D eigenvalue weighted by atomic mass is 32.2. The van der Waals surface area contributed by atoms with Crippen molar-refractivity contribution in [3.8, 4) is 5.75 Å². The SMILES string of the molecule is COc1ccc(S(=O)(=O)NC(=O)c2cnc3c(c2)c(=O)n(C)c(=O)n3C)cc1. The summed E-state index contributed by atoms with van der Waals surface area (Å²) in [7, 11) is 0.0342. The average Bonchev–Trinajstić information content (AvgIpc) is 2.69. The average molecular weight is 404 g/mol. The van der Waals surface area contributed by atoms with Crippen LogP contribution in [0.3, 0.4) is 0 Å². The number of sulfonamides is 1. The smallest absolute Gasteiger partial charge is 0.332 e. The molecule has 0 radical (unpaired) electrons. The second-order valence-corrected chi connectivity index (χ2v) is 7.59. The van der Waals surface area contributed by atoms with Gasteiger partial charge in [0.1, 0.15) is 11.4 Å². The normalized spacial score (nSPS) is 11.4. The summed E-state index contributed by atoms with van der Waals surface area (Å²) in [6, 6.07) is 6.67. The van der Waals surface area contributed by atoms with E-state index in [2.05, 4.69) is 4.98 Å². The minimum Gasteiger partial charge on any atom is -0.497 e. The van der Waals surface area contributed by atoms with Gasteiger partial charge in [0.15, 0.2) is 0 Å². The first-order chi connectivity index (χ1) is 13.2. The number of carbonyl (C=O) groups is 1. The van der Waals surface area contributed by atoms with Gasteiger partial charge >= 0.3 is 5.69 Å². The summed E-state index contributed by atoms with van der Waals surface area (Å²) in [6.07, 6.45) is 1.10. The number of methoxy groups -OCH3 is 1. The van der Waals surface area contributed by atoms with Gasteiger partial charge in [-0.3, -0.25) is 18.7 Å². The first-order valence-corrected chi connectivity index (χ1v) is 9.41. The lowest BCUT2D eigenvalue weighted by Gasteiger charge is -2.09. The zero-order valence-electron chi connectivity index (χ0n) is 15.2. The summed E-state index contributed by atoms with van der Waals surface area (Å²) < 4.78 is 33.7. The zero-order valence-corrected chi connectivity index (χ0v) is 16.0. The molecule has 3 aromatic rings. The highest BCUT2D eigenvalue weighted by molar-refractivity contribution is 7.90. The molecule has 0 bridgehead atoms. The molecule has 1 N–H and O–H groups in total. The summed E-state index contributed by atoms with van der Waals surface area (Å²) in [4.78, 5) is 40.5. The van der Waals surface area contributed by atoms with Crippen molar-refractivity contribution in [2.75, 3.05) is 7.11 Å². The Hall–Kier alpha value is -3.47. The highest BCUT2D eigenvalue weighted by Crippen LogP contribution is 2.16. The quantitative estimate of drug-likeness (QED) is 0.635. The molecule has 146 valence electrons. The standard InChI is InChI=1S/C17H16N4O6S/c1-20-14-13(16(23)21(2)17(20)24)8-10(9-18-14)15(22)19-28(25,26)12-6-4-11(27-3)5-7-12/h4-9H,1-3H3,(H,19,22). The fraction of sp³-hybridized carbons (Fsp3) is 0.176. The third-order valence-electron chi connectivity index (χ3n) is 4.15. The summed E-state index contributed by atoms with van der Waals surface area (Å²) >= 11 is 0. The van der Waals surface area contributed by atoms with E-state index in [9.17, 15) is 22.8 Å². The van der Waals surface area contributed by atoms with Crippen molar-refractivity contribution in [1.82, 2.24) is 18.8 Å². The topological polar surface area (TPSA) is 129 Å². The van der Waals surface area contributed by atoms with E-state index in [4.69, 9.17) is 4.74 Å². The fourth-order valence-corrected chi connectivity index (χ4v) is 3.56. The number of nitrogens with zero attached hydrogens (tertiary/aromatic N) is 3. The molecule has 3 rings (SSSR count). The van der Waals surface area contributed by atoms with Crippen LogP contribution in [0.2, 0.25) is 0 Å². The lowest BCUT2D eigenvalue weighted by molar-refractivity contribution is 0.0981. The molecule has 0 aliphatic carbocycles. The lowest BCUT2D eigenvalue weighted by Crippen LogP contribution is -2.37. The van der Waals surface area contributed by atoms with Gasteiger partial charge in [-0.15, -0.1) is 0 Å². The van der Waals surface area contributed by atoms with Crippen molar-refractivity contribution in [1.29, 1.82) is 0 Å². The summed E-state index contributed by atoms with van der Waals surface area (Å²) in [5.74, 6) is -0.494. The molecule has 11 heteroatoms. The van der Waals surface area contributed by atoms with Crippen molar-refractivity contribution in [2.24, 2.45) is 14.1 Å². The molecule has 0 saturated carbocycles. The monoisotopic (exact) mass is 404 g/mol. The molecule has 2 heterocycles. The van der Waals surface area contributed by atoms with Gasteiger partial charge in [-0.2, -0.15) is 0 Å². The highest BCUT2D eigenvalue weighted by Gasteiger charge is 2.20. The number of aromatic nitrogens is 3. The number of nitrogens with one attached hydrogen (secondary N) is 1. The van der Waals surface area contributed by atoms with Gasteiger partial charge in [-0.1, -0.05) is 0 Å². The Balaban J connectivity index is 1.99. The number of hydrogen-bond donors (Lipinski definition) is 1. The van der Waals surface area contributed by atoms with E-state index < -0.39 is 27.2 Å². The predicted molar refractivity (Wildman–Crippen MR) is 99.9 cm³/mol. The Labute approximate surface area is 159 Å². The Morgan fingerprint density at radius 3 is 2.36 bits per heavy atom. The molecular weight excluding hydrogens is 388 g/mol. The third-order valence-corrected chi connectivity index (χ3v) is 5.50. The summed E-state index contributed by atoms with van der Waals surface area (Å²) in [5, 5.41) is 0.0131. The number of ether oxygens (including phenoxy) is 1. The molecule has 1 aromatic carbocycles. The van der Waals surface area contributed by atoms with Crippen molar-refractivity contribution < 1.29 is 17.9 Å². The van der Waals surface area contributed by atoms with Gasteiger partial charge in [0.25, 0.3) is 21.5 Å². The van der Waals surface area contributed by atoms with Crippen LogP contribution in [0.5, 0.6) is 5.75 Å². The van der Waals surface area contributed by atoms with E-state index in [-0.39, 0.29) is 21.5 Å². The second-order valence-electron chi connectivity index (χ2n) is 5.91. The first kappa shape index (κ1) is 19.3. The molecular formula is C17H16N4O6S. The Kier molecular flexibility index (Phi) is 4.77. The van der Waals surface area contributed by atoms with E-state index >= 15 is 0 Å². The van der Waals surface area contributed by atoms with Crippen LogP contribution >= 0.6 is 0 Å². The molecule has 0 atom stereocenters. The van der Waals surface area contributed by atoms with Crippen LogP contribution in [-0.2, 0) is 24.1 Å². The molecule has 2 aromatic heterocycles. The van der Waals surface area contributed by atoms with Crippen LogP contribution in [0, 0.1) is 0 Å². The van der Waals surface area contributed by atoms with Gasteiger partial charge < -0.3 is 4.74 Å². The number of fused-ring (bicyclic) bond motifs is 1. The maximum absolute atomic E-state index is 12.4. The van der Waals surface area contributed by atoms with E-state index in [0.29, 0.717) is 5.75 Å². The van der Waals surface area contributed by atoms with Gasteiger partial charge in [0, 0.05) is 20.3 Å². The molecule has 0 unspecified atom stereocenters. The van der Waals surface area contributed by atoms with Crippen molar-refractivity contribution >= 4 is 27.0 Å². The minimum absolute atomic E-state index is 0.0131. The summed E-state index contributed by atoms with van der Waals surface area (Å²) in [5.41, 5.74) is -1.26. The van der Waals surface area contributed by atoms with Crippen molar-refractivity contribution in [2.45, 2.75) is 4.90 Å². The van der Waals surface area contributed by atoms with Gasteiger partial charge in [0.05, 0.1) is 23.0 Å². The number of benzene rings is 1. The van der Waals surface area contributed by atoms with Crippen LogP contribution in [0.25, 0.3) is 11.0 Å². The molecule has 1 amide bonds. The van der Waals surface area contributed by atoms with Crippen molar-refractivity contribution in [3.05, 3.63) is 62.9 Å². The number of rotatable bonds is 4. The molecule has 0 fully saturated rings. The lowest BCUT2D eigenvalue weighted by atomic mass is 10.2. The number of amides is 1. The Bertz CT molecular complexity index is 1310. The second kappa shape index (κ2) is 6.93. The largest absolute Gasteiger partial charge is 0.497 e.